The van der Waals surface area contributed by atoms with Crippen LogP contribution in [-0.4, -0.2) is 25.8 Å². The van der Waals surface area contributed by atoms with Crippen LogP contribution in [0.1, 0.15) is 11.7 Å². The molecule has 0 aromatic heterocycles. The van der Waals surface area contributed by atoms with Crippen LogP contribution in [0.5, 0.6) is 5.75 Å². The Morgan fingerprint density at radius 2 is 2.00 bits per heavy atom. The van der Waals surface area contributed by atoms with Crippen molar-refractivity contribution in [3.05, 3.63) is 29.8 Å². The molecular formula is C10H16N2O2. The second-order valence-electron chi connectivity index (χ2n) is 2.92. The van der Waals surface area contributed by atoms with E-state index in [1.807, 2.05) is 24.3 Å². The van der Waals surface area contributed by atoms with E-state index in [1.165, 1.54) is 0 Å². The molecule has 1 unspecified atom stereocenters. The van der Waals surface area contributed by atoms with Crippen LogP contribution < -0.4 is 15.6 Å². The van der Waals surface area contributed by atoms with Gasteiger partial charge in [-0.2, -0.15) is 0 Å². The Morgan fingerprint density at radius 3 is 2.50 bits per heavy atom. The van der Waals surface area contributed by atoms with E-state index in [-0.39, 0.29) is 0 Å². The highest BCUT2D eigenvalue weighted by molar-refractivity contribution is 5.28. The molecule has 0 saturated carbocycles. The van der Waals surface area contributed by atoms with Gasteiger partial charge in [0.2, 0.25) is 0 Å². The minimum atomic E-state index is -0.506. The smallest absolute Gasteiger partial charge is 0.118 e. The molecule has 0 heterocycles. The van der Waals surface area contributed by atoms with E-state index in [4.69, 9.17) is 4.74 Å². The summed E-state index contributed by atoms with van der Waals surface area (Å²) in [7, 11) is 3.38. The number of hydrazine groups is 1. The average molecular weight is 196 g/mol. The number of aliphatic hydroxyl groups excluding tert-OH is 1. The molecule has 4 nitrogen and oxygen atoms in total. The van der Waals surface area contributed by atoms with E-state index in [2.05, 4.69) is 10.9 Å². The van der Waals surface area contributed by atoms with Crippen molar-refractivity contribution < 1.29 is 9.84 Å². The van der Waals surface area contributed by atoms with Gasteiger partial charge in [0.25, 0.3) is 0 Å². The molecule has 1 atom stereocenters. The zero-order valence-corrected chi connectivity index (χ0v) is 8.45. The van der Waals surface area contributed by atoms with E-state index in [0.29, 0.717) is 6.54 Å². The molecule has 0 aliphatic carbocycles. The normalized spacial score (nSPS) is 12.5. The van der Waals surface area contributed by atoms with Crippen LogP contribution in [0, 0.1) is 0 Å². The van der Waals surface area contributed by atoms with Crippen LogP contribution in [0.3, 0.4) is 0 Å². The van der Waals surface area contributed by atoms with Crippen molar-refractivity contribution in [3.63, 3.8) is 0 Å². The molecule has 0 radical (unpaired) electrons. The van der Waals surface area contributed by atoms with Crippen molar-refractivity contribution in [1.29, 1.82) is 0 Å². The first-order valence-electron chi connectivity index (χ1n) is 4.49. The summed E-state index contributed by atoms with van der Waals surface area (Å²) >= 11 is 0. The first kappa shape index (κ1) is 11.0. The predicted molar refractivity (Wildman–Crippen MR) is 55.0 cm³/mol. The van der Waals surface area contributed by atoms with Gasteiger partial charge in [0, 0.05) is 6.54 Å². The second kappa shape index (κ2) is 5.59. The molecule has 3 N–H and O–H groups in total. The van der Waals surface area contributed by atoms with E-state index in [9.17, 15) is 5.11 Å². The minimum absolute atomic E-state index is 0.475. The Morgan fingerprint density at radius 1 is 1.36 bits per heavy atom. The van der Waals surface area contributed by atoms with Crippen molar-refractivity contribution in [3.8, 4) is 5.75 Å². The Bertz CT molecular complexity index is 261. The highest BCUT2D eigenvalue weighted by Crippen LogP contribution is 2.16. The molecule has 4 heteroatoms. The SMILES string of the molecule is CNNCC(O)c1ccc(OC)cc1. The van der Waals surface area contributed by atoms with Crippen molar-refractivity contribution in [2.24, 2.45) is 0 Å². The molecule has 0 spiro atoms. The fourth-order valence-corrected chi connectivity index (χ4v) is 1.14. The summed E-state index contributed by atoms with van der Waals surface area (Å²) in [6.45, 7) is 0.475. The zero-order valence-electron chi connectivity index (χ0n) is 8.45. The Kier molecular flexibility index (Phi) is 4.39. The van der Waals surface area contributed by atoms with Crippen molar-refractivity contribution in [2.75, 3.05) is 20.7 Å². The number of aliphatic hydroxyl groups is 1. The van der Waals surface area contributed by atoms with Crippen LogP contribution in [-0.2, 0) is 0 Å². The van der Waals surface area contributed by atoms with Crippen molar-refractivity contribution in [2.45, 2.75) is 6.10 Å². The Hall–Kier alpha value is -1.10. The van der Waals surface area contributed by atoms with Gasteiger partial charge in [-0.3, -0.25) is 10.9 Å². The summed E-state index contributed by atoms with van der Waals surface area (Å²) < 4.78 is 5.02. The number of benzene rings is 1. The summed E-state index contributed by atoms with van der Waals surface area (Å²) in [5.74, 6) is 0.794. The third-order valence-electron chi connectivity index (χ3n) is 1.97. The second-order valence-corrected chi connectivity index (χ2v) is 2.92. The van der Waals surface area contributed by atoms with Crippen LogP contribution in [0.15, 0.2) is 24.3 Å². The van der Waals surface area contributed by atoms with Gasteiger partial charge >= 0.3 is 0 Å². The fourth-order valence-electron chi connectivity index (χ4n) is 1.14. The standard InChI is InChI=1S/C10H16N2O2/c1-11-12-7-10(13)8-3-5-9(14-2)6-4-8/h3-6,10-13H,7H2,1-2H3. The summed E-state index contributed by atoms with van der Waals surface area (Å²) in [5, 5.41) is 9.67. The third-order valence-corrected chi connectivity index (χ3v) is 1.97. The largest absolute Gasteiger partial charge is 0.497 e. The number of nitrogens with one attached hydrogen (secondary N) is 2. The van der Waals surface area contributed by atoms with Crippen molar-refractivity contribution >= 4 is 0 Å². The molecule has 1 aromatic carbocycles. The Balaban J connectivity index is 2.57. The van der Waals surface area contributed by atoms with Crippen LogP contribution in [0.25, 0.3) is 0 Å². The lowest BCUT2D eigenvalue weighted by molar-refractivity contribution is 0.170. The lowest BCUT2D eigenvalue weighted by Gasteiger charge is -2.11. The topological polar surface area (TPSA) is 53.5 Å². The van der Waals surface area contributed by atoms with Crippen LogP contribution in [0.2, 0.25) is 0 Å². The minimum Gasteiger partial charge on any atom is -0.497 e. The van der Waals surface area contributed by atoms with Gasteiger partial charge in [-0.05, 0) is 24.7 Å². The van der Waals surface area contributed by atoms with Gasteiger partial charge in [0.05, 0.1) is 13.2 Å². The number of hydrogen-bond acceptors (Lipinski definition) is 4. The van der Waals surface area contributed by atoms with E-state index in [0.717, 1.165) is 11.3 Å². The van der Waals surface area contributed by atoms with Crippen molar-refractivity contribution in [1.82, 2.24) is 10.9 Å². The van der Waals surface area contributed by atoms with E-state index < -0.39 is 6.10 Å². The van der Waals surface area contributed by atoms with E-state index in [1.54, 1.807) is 14.2 Å². The molecule has 14 heavy (non-hydrogen) atoms. The molecule has 0 aliphatic rings. The summed E-state index contributed by atoms with van der Waals surface area (Å²) in [6.07, 6.45) is -0.506. The third kappa shape index (κ3) is 2.99. The summed E-state index contributed by atoms with van der Waals surface area (Å²) in [5.41, 5.74) is 6.47. The van der Waals surface area contributed by atoms with Gasteiger partial charge in [-0.25, -0.2) is 0 Å². The number of hydrogen-bond donors (Lipinski definition) is 3. The van der Waals surface area contributed by atoms with Crippen LogP contribution in [0.4, 0.5) is 0 Å². The van der Waals surface area contributed by atoms with Gasteiger partial charge in [-0.15, -0.1) is 0 Å². The van der Waals surface area contributed by atoms with Gasteiger partial charge < -0.3 is 9.84 Å². The summed E-state index contributed by atoms with van der Waals surface area (Å²) in [6, 6.07) is 7.36. The number of ether oxygens (including phenoxy) is 1. The first-order chi connectivity index (χ1) is 6.77. The first-order valence-corrected chi connectivity index (χ1v) is 4.49. The highest BCUT2D eigenvalue weighted by atomic mass is 16.5. The predicted octanol–water partition coefficient (Wildman–Crippen LogP) is 0.453. The monoisotopic (exact) mass is 196 g/mol. The maximum Gasteiger partial charge on any atom is 0.118 e. The average Bonchev–Trinajstić information content (AvgIpc) is 2.26. The lowest BCUT2D eigenvalue weighted by Crippen LogP contribution is -2.31. The molecule has 0 amide bonds. The quantitative estimate of drug-likeness (QED) is 0.599. The maximum absolute atomic E-state index is 9.67. The van der Waals surface area contributed by atoms with Gasteiger partial charge in [0.1, 0.15) is 5.75 Å². The number of rotatable bonds is 5. The fraction of sp³-hybridized carbons (Fsp3) is 0.400. The highest BCUT2D eigenvalue weighted by Gasteiger charge is 2.05. The molecular weight excluding hydrogens is 180 g/mol. The lowest BCUT2D eigenvalue weighted by atomic mass is 10.1. The molecule has 0 fully saturated rings. The molecule has 1 aromatic rings. The Labute approximate surface area is 83.9 Å². The molecule has 0 saturated heterocycles. The van der Waals surface area contributed by atoms with E-state index >= 15 is 0 Å². The maximum atomic E-state index is 9.67. The summed E-state index contributed by atoms with van der Waals surface area (Å²) in [4.78, 5) is 0. The van der Waals surface area contributed by atoms with Crippen LogP contribution >= 0.6 is 0 Å². The molecule has 0 aliphatic heterocycles. The van der Waals surface area contributed by atoms with Gasteiger partial charge in [0.15, 0.2) is 0 Å². The van der Waals surface area contributed by atoms with Gasteiger partial charge in [-0.1, -0.05) is 12.1 Å². The molecule has 0 bridgehead atoms. The molecule has 1 rings (SSSR count). The number of methoxy groups -OCH3 is 1. The molecule has 78 valence electrons. The zero-order chi connectivity index (χ0) is 10.4.